The van der Waals surface area contributed by atoms with E-state index in [2.05, 4.69) is 96.1 Å². The molecular formula is C27H31N3+2. The summed E-state index contributed by atoms with van der Waals surface area (Å²) in [6.45, 7) is 6.15. The number of quaternary nitrogens is 2. The van der Waals surface area contributed by atoms with Gasteiger partial charge in [-0.3, -0.25) is 0 Å². The Labute approximate surface area is 179 Å². The van der Waals surface area contributed by atoms with Crippen LogP contribution in [0.1, 0.15) is 22.7 Å². The number of fused-ring (bicyclic) bond motifs is 1. The quantitative estimate of drug-likeness (QED) is 0.445. The number of para-hydroxylation sites is 1. The third kappa shape index (κ3) is 4.04. The Morgan fingerprint density at radius 2 is 1.30 bits per heavy atom. The third-order valence-electron chi connectivity index (χ3n) is 6.70. The van der Waals surface area contributed by atoms with Crippen molar-refractivity contribution in [1.82, 2.24) is 4.98 Å². The molecule has 1 aliphatic heterocycles. The van der Waals surface area contributed by atoms with E-state index in [1.165, 1.54) is 60.3 Å². The minimum absolute atomic E-state index is 0.433. The standard InChI is InChI=1S/C27H29N3/c1-3-9-22(10-4-1)27(23-11-5-2-6-12-23)30-19-17-29(18-20-30)16-15-24-21-28-26-14-8-7-13-25(24)26/h1-14,21,27-28H,15-20H2/p+2. The Bertz CT molecular complexity index is 1020. The Kier molecular flexibility index (Phi) is 5.65. The molecule has 3 N–H and O–H groups in total. The Morgan fingerprint density at radius 1 is 0.700 bits per heavy atom. The van der Waals surface area contributed by atoms with Crippen molar-refractivity contribution in [2.75, 3.05) is 32.7 Å². The molecule has 1 saturated heterocycles. The van der Waals surface area contributed by atoms with Gasteiger partial charge >= 0.3 is 0 Å². The van der Waals surface area contributed by atoms with Crippen molar-refractivity contribution in [3.05, 3.63) is 108 Å². The molecule has 0 bridgehead atoms. The lowest BCUT2D eigenvalue weighted by atomic mass is 9.96. The van der Waals surface area contributed by atoms with Crippen LogP contribution in [0.3, 0.4) is 0 Å². The highest BCUT2D eigenvalue weighted by atomic mass is 15.3. The summed E-state index contributed by atoms with van der Waals surface area (Å²) < 4.78 is 0. The lowest BCUT2D eigenvalue weighted by molar-refractivity contribution is -1.02. The first-order valence-corrected chi connectivity index (χ1v) is 11.2. The van der Waals surface area contributed by atoms with Crippen molar-refractivity contribution in [2.24, 2.45) is 0 Å². The highest BCUT2D eigenvalue weighted by Gasteiger charge is 2.31. The third-order valence-corrected chi connectivity index (χ3v) is 6.70. The summed E-state index contributed by atoms with van der Waals surface area (Å²) in [6.07, 6.45) is 3.35. The van der Waals surface area contributed by atoms with Crippen LogP contribution in [0.25, 0.3) is 10.9 Å². The number of H-pyrrole nitrogens is 1. The van der Waals surface area contributed by atoms with Gasteiger partial charge in [0.2, 0.25) is 0 Å². The second-order valence-electron chi connectivity index (χ2n) is 8.52. The zero-order valence-electron chi connectivity index (χ0n) is 17.5. The number of benzene rings is 3. The summed E-state index contributed by atoms with van der Waals surface area (Å²) in [4.78, 5) is 6.86. The molecule has 3 aromatic carbocycles. The molecule has 152 valence electrons. The van der Waals surface area contributed by atoms with Gasteiger partial charge in [0.1, 0.15) is 32.2 Å². The van der Waals surface area contributed by atoms with Crippen LogP contribution < -0.4 is 9.80 Å². The monoisotopic (exact) mass is 397 g/mol. The number of hydrogen-bond donors (Lipinski definition) is 3. The fourth-order valence-corrected chi connectivity index (χ4v) is 5.07. The molecule has 4 aromatic rings. The topological polar surface area (TPSA) is 24.7 Å². The molecule has 5 rings (SSSR count). The molecule has 1 aromatic heterocycles. The zero-order chi connectivity index (χ0) is 20.2. The maximum absolute atomic E-state index is 3.42. The Morgan fingerprint density at radius 3 is 1.97 bits per heavy atom. The SMILES string of the molecule is c1ccc(C(c2ccccc2)[NH+]2CC[NH+](CCc3c[nH]c4ccccc34)CC2)cc1. The van der Waals surface area contributed by atoms with Crippen molar-refractivity contribution in [3.63, 3.8) is 0 Å². The highest BCUT2D eigenvalue weighted by Crippen LogP contribution is 2.19. The van der Waals surface area contributed by atoms with Crippen LogP contribution in [-0.4, -0.2) is 37.7 Å². The molecule has 30 heavy (non-hydrogen) atoms. The fraction of sp³-hybridized carbons (Fsp3) is 0.259. The van der Waals surface area contributed by atoms with Crippen molar-refractivity contribution in [2.45, 2.75) is 12.5 Å². The second kappa shape index (κ2) is 8.86. The minimum atomic E-state index is 0.433. The van der Waals surface area contributed by atoms with Crippen LogP contribution >= 0.6 is 0 Å². The number of nitrogens with one attached hydrogen (secondary N) is 3. The Balaban J connectivity index is 1.25. The van der Waals surface area contributed by atoms with E-state index < -0.39 is 0 Å². The van der Waals surface area contributed by atoms with Crippen LogP contribution in [0.4, 0.5) is 0 Å². The van der Waals surface area contributed by atoms with Gasteiger partial charge in [0.15, 0.2) is 0 Å². The maximum Gasteiger partial charge on any atom is 0.139 e. The van der Waals surface area contributed by atoms with Crippen molar-refractivity contribution >= 4 is 10.9 Å². The summed E-state index contributed by atoms with van der Waals surface area (Å²) in [7, 11) is 0. The number of aromatic nitrogens is 1. The molecular weight excluding hydrogens is 366 g/mol. The van der Waals surface area contributed by atoms with Crippen LogP contribution in [0, 0.1) is 0 Å². The van der Waals surface area contributed by atoms with Gasteiger partial charge in [-0.1, -0.05) is 78.9 Å². The normalized spacial score (nSPS) is 19.4. The molecule has 0 spiro atoms. The van der Waals surface area contributed by atoms with Gasteiger partial charge in [-0.15, -0.1) is 0 Å². The van der Waals surface area contributed by atoms with E-state index >= 15 is 0 Å². The number of aromatic amines is 1. The van der Waals surface area contributed by atoms with Gasteiger partial charge < -0.3 is 14.8 Å². The summed E-state index contributed by atoms with van der Waals surface area (Å²) in [5.74, 6) is 0. The molecule has 0 unspecified atom stereocenters. The molecule has 3 nitrogen and oxygen atoms in total. The first-order chi connectivity index (χ1) is 14.9. The average molecular weight is 398 g/mol. The van der Waals surface area contributed by atoms with Crippen LogP contribution in [0.2, 0.25) is 0 Å². The van der Waals surface area contributed by atoms with Gasteiger partial charge in [0.05, 0.1) is 6.54 Å². The van der Waals surface area contributed by atoms with Crippen molar-refractivity contribution in [1.29, 1.82) is 0 Å². The van der Waals surface area contributed by atoms with Crippen LogP contribution in [0.15, 0.2) is 91.1 Å². The lowest BCUT2D eigenvalue weighted by Gasteiger charge is -2.35. The molecule has 1 aliphatic rings. The van der Waals surface area contributed by atoms with E-state index in [-0.39, 0.29) is 0 Å². The van der Waals surface area contributed by atoms with Gasteiger partial charge in [-0.25, -0.2) is 0 Å². The van der Waals surface area contributed by atoms with E-state index in [9.17, 15) is 0 Å². The van der Waals surface area contributed by atoms with Gasteiger partial charge in [0, 0.05) is 34.6 Å². The van der Waals surface area contributed by atoms with Gasteiger partial charge in [-0.05, 0) is 11.6 Å². The molecule has 0 amide bonds. The number of piperazine rings is 1. The van der Waals surface area contributed by atoms with E-state index in [0.29, 0.717) is 6.04 Å². The van der Waals surface area contributed by atoms with E-state index in [0.717, 1.165) is 6.42 Å². The van der Waals surface area contributed by atoms with E-state index in [1.54, 1.807) is 9.80 Å². The molecule has 0 aliphatic carbocycles. The number of hydrogen-bond acceptors (Lipinski definition) is 0. The Hall–Kier alpha value is -2.88. The van der Waals surface area contributed by atoms with E-state index in [4.69, 9.17) is 0 Å². The first-order valence-electron chi connectivity index (χ1n) is 11.2. The largest absolute Gasteiger partial charge is 0.361 e. The molecule has 0 saturated carbocycles. The second-order valence-corrected chi connectivity index (χ2v) is 8.52. The highest BCUT2D eigenvalue weighted by molar-refractivity contribution is 5.83. The predicted octanol–water partition coefficient (Wildman–Crippen LogP) is 2.28. The van der Waals surface area contributed by atoms with Crippen LogP contribution in [0.5, 0.6) is 0 Å². The minimum Gasteiger partial charge on any atom is -0.361 e. The van der Waals surface area contributed by atoms with Crippen LogP contribution in [-0.2, 0) is 6.42 Å². The predicted molar refractivity (Wildman–Crippen MR) is 123 cm³/mol. The van der Waals surface area contributed by atoms with Crippen molar-refractivity contribution in [3.8, 4) is 0 Å². The molecule has 0 radical (unpaired) electrons. The average Bonchev–Trinajstić information content (AvgIpc) is 3.23. The van der Waals surface area contributed by atoms with Crippen molar-refractivity contribution < 1.29 is 9.80 Å². The van der Waals surface area contributed by atoms with Gasteiger partial charge in [0.25, 0.3) is 0 Å². The number of rotatable bonds is 6. The molecule has 0 atom stereocenters. The summed E-state index contributed by atoms with van der Waals surface area (Å²) in [5.41, 5.74) is 5.58. The molecule has 1 fully saturated rings. The molecule has 2 heterocycles. The smallest absolute Gasteiger partial charge is 0.139 e. The summed E-state index contributed by atoms with van der Waals surface area (Å²) in [6, 6.07) is 31.2. The lowest BCUT2D eigenvalue weighted by Crippen LogP contribution is -3.28. The fourth-order valence-electron chi connectivity index (χ4n) is 5.07. The van der Waals surface area contributed by atoms with Gasteiger partial charge in [-0.2, -0.15) is 0 Å². The first kappa shape index (κ1) is 19.1. The van der Waals surface area contributed by atoms with E-state index in [1.807, 2.05) is 0 Å². The maximum atomic E-state index is 3.42. The summed E-state index contributed by atoms with van der Waals surface area (Å²) in [5, 5.41) is 1.38. The zero-order valence-corrected chi connectivity index (χ0v) is 17.5. The summed E-state index contributed by atoms with van der Waals surface area (Å²) >= 11 is 0. The molecule has 3 heteroatoms.